The number of nitrogens with one attached hydrogen (secondary N) is 2. The van der Waals surface area contributed by atoms with E-state index in [1.165, 1.54) is 6.07 Å². The van der Waals surface area contributed by atoms with Crippen LogP contribution in [-0.2, 0) is 30.8 Å². The van der Waals surface area contributed by atoms with Crippen LogP contribution in [0.3, 0.4) is 0 Å². The zero-order valence-corrected chi connectivity index (χ0v) is 20.8. The van der Waals surface area contributed by atoms with Gasteiger partial charge in [-0.15, -0.1) is 0 Å². The van der Waals surface area contributed by atoms with Crippen LogP contribution in [0.5, 0.6) is 5.75 Å². The molecule has 3 aromatic carbocycles. The lowest BCUT2D eigenvalue weighted by atomic mass is 10.1. The van der Waals surface area contributed by atoms with Crippen LogP contribution in [0.2, 0.25) is 5.02 Å². The molecule has 11 heteroatoms. The number of sulfonamides is 1. The molecule has 36 heavy (non-hydrogen) atoms. The number of benzene rings is 3. The molecule has 0 aliphatic carbocycles. The highest BCUT2D eigenvalue weighted by atomic mass is 35.5. The number of carbonyl (C=O) groups excluding carboxylic acids is 2. The predicted molar refractivity (Wildman–Crippen MR) is 133 cm³/mol. The van der Waals surface area contributed by atoms with E-state index in [0.717, 1.165) is 24.3 Å². The number of carbonyl (C=O) groups is 2. The van der Waals surface area contributed by atoms with Gasteiger partial charge in [-0.2, -0.15) is 4.72 Å². The smallest absolute Gasteiger partial charge is 0.310 e. The molecule has 0 aromatic heterocycles. The molecule has 0 spiro atoms. The Bertz CT molecular complexity index is 1300. The summed E-state index contributed by atoms with van der Waals surface area (Å²) in [6.45, 7) is 1.64. The first-order valence-electron chi connectivity index (χ1n) is 10.9. The lowest BCUT2D eigenvalue weighted by Crippen LogP contribution is -2.47. The van der Waals surface area contributed by atoms with Crippen LogP contribution in [0.25, 0.3) is 0 Å². The van der Waals surface area contributed by atoms with Gasteiger partial charge in [-0.25, -0.2) is 12.8 Å². The van der Waals surface area contributed by atoms with Gasteiger partial charge in [0.1, 0.15) is 24.2 Å². The fourth-order valence-corrected chi connectivity index (χ4v) is 4.44. The maximum atomic E-state index is 13.2. The van der Waals surface area contributed by atoms with Crippen molar-refractivity contribution < 1.29 is 31.9 Å². The van der Waals surface area contributed by atoms with Gasteiger partial charge in [0.25, 0.3) is 0 Å². The molecule has 0 heterocycles. The summed E-state index contributed by atoms with van der Waals surface area (Å²) in [5, 5.41) is 3.04. The molecular formula is C25H24ClFN2O6S. The van der Waals surface area contributed by atoms with Crippen molar-refractivity contribution >= 4 is 39.2 Å². The highest BCUT2D eigenvalue weighted by Crippen LogP contribution is 2.18. The van der Waals surface area contributed by atoms with E-state index in [2.05, 4.69) is 10.0 Å². The average molecular weight is 535 g/mol. The van der Waals surface area contributed by atoms with E-state index >= 15 is 0 Å². The Hall–Kier alpha value is -3.47. The third-order valence-electron chi connectivity index (χ3n) is 4.83. The van der Waals surface area contributed by atoms with Gasteiger partial charge in [-0.1, -0.05) is 29.8 Å². The summed E-state index contributed by atoms with van der Waals surface area (Å²) >= 11 is 5.96. The molecule has 0 radical (unpaired) electrons. The van der Waals surface area contributed by atoms with Crippen LogP contribution in [0.15, 0.2) is 77.7 Å². The number of anilines is 1. The van der Waals surface area contributed by atoms with Crippen LogP contribution < -0.4 is 14.8 Å². The monoisotopic (exact) mass is 534 g/mol. The van der Waals surface area contributed by atoms with E-state index in [9.17, 15) is 22.4 Å². The summed E-state index contributed by atoms with van der Waals surface area (Å²) < 4.78 is 51.8. The third kappa shape index (κ3) is 8.04. The molecule has 1 amide bonds. The van der Waals surface area contributed by atoms with Crippen LogP contribution >= 0.6 is 11.6 Å². The van der Waals surface area contributed by atoms with Crippen LogP contribution in [0, 0.1) is 5.82 Å². The minimum atomic E-state index is -4.19. The molecule has 3 rings (SSSR count). The maximum absolute atomic E-state index is 13.2. The molecule has 190 valence electrons. The van der Waals surface area contributed by atoms with E-state index in [4.69, 9.17) is 21.1 Å². The zero-order valence-electron chi connectivity index (χ0n) is 19.2. The molecule has 0 saturated carbocycles. The van der Waals surface area contributed by atoms with Crippen molar-refractivity contribution in [1.82, 2.24) is 4.72 Å². The molecule has 2 N–H and O–H groups in total. The number of halogens is 2. The summed E-state index contributed by atoms with van der Waals surface area (Å²) in [5.41, 5.74) is 1.06. The summed E-state index contributed by atoms with van der Waals surface area (Å²) in [6, 6.07) is 15.7. The van der Waals surface area contributed by atoms with Gasteiger partial charge in [0.15, 0.2) is 0 Å². The Kier molecular flexibility index (Phi) is 9.40. The minimum Gasteiger partial charge on any atom is -0.491 e. The summed E-state index contributed by atoms with van der Waals surface area (Å²) in [4.78, 5) is 24.5. The molecule has 0 saturated heterocycles. The first-order valence-corrected chi connectivity index (χ1v) is 12.7. The fraction of sp³-hybridized carbons (Fsp3) is 0.200. The van der Waals surface area contributed by atoms with E-state index in [-0.39, 0.29) is 30.5 Å². The summed E-state index contributed by atoms with van der Waals surface area (Å²) in [5.74, 6) is -1.33. The summed E-state index contributed by atoms with van der Waals surface area (Å²) in [7, 11) is -4.19. The van der Waals surface area contributed by atoms with Crippen LogP contribution in [0.4, 0.5) is 10.1 Å². The van der Waals surface area contributed by atoms with Crippen LogP contribution in [-0.4, -0.2) is 39.5 Å². The number of esters is 1. The topological polar surface area (TPSA) is 111 Å². The number of ether oxygens (including phenoxy) is 2. The van der Waals surface area contributed by atoms with Crippen molar-refractivity contribution in [2.24, 2.45) is 0 Å². The third-order valence-corrected chi connectivity index (χ3v) is 6.55. The van der Waals surface area contributed by atoms with E-state index < -0.39 is 27.8 Å². The van der Waals surface area contributed by atoms with Gasteiger partial charge in [0, 0.05) is 10.7 Å². The lowest BCUT2D eigenvalue weighted by Gasteiger charge is -2.19. The molecule has 0 unspecified atom stereocenters. The largest absolute Gasteiger partial charge is 0.491 e. The number of rotatable bonds is 11. The Labute approximate surface area is 213 Å². The second-order valence-electron chi connectivity index (χ2n) is 7.56. The Morgan fingerprint density at radius 3 is 2.36 bits per heavy atom. The van der Waals surface area contributed by atoms with Gasteiger partial charge in [0.05, 0.1) is 17.9 Å². The van der Waals surface area contributed by atoms with Crippen molar-refractivity contribution in [3.05, 3.63) is 89.2 Å². The second-order valence-corrected chi connectivity index (χ2v) is 9.71. The second kappa shape index (κ2) is 12.5. The molecular weight excluding hydrogens is 511 g/mol. The van der Waals surface area contributed by atoms with Crippen LogP contribution in [0.1, 0.15) is 12.5 Å². The Morgan fingerprint density at radius 1 is 1.03 bits per heavy atom. The minimum absolute atomic E-state index is 0.0790. The van der Waals surface area contributed by atoms with E-state index in [1.54, 1.807) is 49.4 Å². The Morgan fingerprint density at radius 2 is 1.72 bits per heavy atom. The molecule has 0 bridgehead atoms. The maximum Gasteiger partial charge on any atom is 0.310 e. The van der Waals surface area contributed by atoms with Gasteiger partial charge in [-0.3, -0.25) is 9.59 Å². The molecule has 1 atom stereocenters. The molecule has 3 aromatic rings. The quantitative estimate of drug-likeness (QED) is 0.360. The standard InChI is InChI=1S/C25H24ClFN2O6S/c1-2-34-24(30)14-17-6-10-20(11-7-17)28-25(31)23(16-35-21-5-3-4-18(26)15-21)29-36(32,33)22-12-8-19(27)9-13-22/h3-13,15,23,29H,2,14,16H2,1H3,(H,28,31)/t23-/m0/s1. The highest BCUT2D eigenvalue weighted by molar-refractivity contribution is 7.89. The van der Waals surface area contributed by atoms with Gasteiger partial charge < -0.3 is 14.8 Å². The fourth-order valence-electron chi connectivity index (χ4n) is 3.08. The number of amides is 1. The van der Waals surface area contributed by atoms with Gasteiger partial charge in [0.2, 0.25) is 15.9 Å². The van der Waals surface area contributed by atoms with Gasteiger partial charge in [-0.05, 0) is 67.1 Å². The summed E-state index contributed by atoms with van der Waals surface area (Å²) in [6.07, 6.45) is 0.0790. The molecule has 8 nitrogen and oxygen atoms in total. The lowest BCUT2D eigenvalue weighted by molar-refractivity contribution is -0.142. The number of hydrogen-bond acceptors (Lipinski definition) is 6. The van der Waals surface area contributed by atoms with Crippen molar-refractivity contribution in [3.8, 4) is 5.75 Å². The van der Waals surface area contributed by atoms with Crippen molar-refractivity contribution in [3.63, 3.8) is 0 Å². The van der Waals surface area contributed by atoms with E-state index in [1.807, 2.05) is 0 Å². The highest BCUT2D eigenvalue weighted by Gasteiger charge is 2.27. The van der Waals surface area contributed by atoms with E-state index in [0.29, 0.717) is 22.0 Å². The molecule has 0 fully saturated rings. The first kappa shape index (κ1) is 27.1. The normalized spacial score (nSPS) is 12.0. The van der Waals surface area contributed by atoms with Crippen molar-refractivity contribution in [1.29, 1.82) is 0 Å². The SMILES string of the molecule is CCOC(=O)Cc1ccc(NC(=O)[C@H](COc2cccc(Cl)c2)NS(=O)(=O)c2ccc(F)cc2)cc1. The van der Waals surface area contributed by atoms with Gasteiger partial charge >= 0.3 is 5.97 Å². The molecule has 0 aliphatic heterocycles. The average Bonchev–Trinajstić information content (AvgIpc) is 2.83. The first-order chi connectivity index (χ1) is 17.2. The predicted octanol–water partition coefficient (Wildman–Crippen LogP) is 3.95. The molecule has 0 aliphatic rings. The van der Waals surface area contributed by atoms with Crippen molar-refractivity contribution in [2.45, 2.75) is 24.3 Å². The van der Waals surface area contributed by atoms with Crippen molar-refractivity contribution in [2.75, 3.05) is 18.5 Å². The number of hydrogen-bond donors (Lipinski definition) is 2. The Balaban J connectivity index is 1.75. The zero-order chi connectivity index (χ0) is 26.1.